The van der Waals surface area contributed by atoms with Crippen LogP contribution in [0.1, 0.15) is 61.3 Å². The van der Waals surface area contributed by atoms with Gasteiger partial charge in [0.05, 0.1) is 6.04 Å². The molecule has 1 heterocycles. The Morgan fingerprint density at radius 1 is 1.06 bits per heavy atom. The third-order valence-corrected chi connectivity index (χ3v) is 8.21. The summed E-state index contributed by atoms with van der Waals surface area (Å²) in [5, 5.41) is 5.61. The van der Waals surface area contributed by atoms with Gasteiger partial charge >= 0.3 is 0 Å². The molecule has 7 atom stereocenters. The van der Waals surface area contributed by atoms with Gasteiger partial charge in [-0.3, -0.25) is 24.0 Å². The molecule has 1 aliphatic heterocycles. The van der Waals surface area contributed by atoms with E-state index in [1.807, 2.05) is 13.8 Å². The molecule has 3 rings (SSSR count). The minimum atomic E-state index is -1.07. The summed E-state index contributed by atoms with van der Waals surface area (Å²) < 4.78 is 0. The number of likely N-dealkylation sites (tertiary alicyclic amines) is 1. The predicted molar refractivity (Wildman–Crippen MR) is 126 cm³/mol. The van der Waals surface area contributed by atoms with Gasteiger partial charge in [0, 0.05) is 12.5 Å². The van der Waals surface area contributed by atoms with E-state index in [4.69, 9.17) is 5.73 Å². The number of nitrogens with zero attached hydrogens (tertiary/aromatic N) is 1. The Morgan fingerprint density at radius 2 is 1.65 bits per heavy atom. The smallest absolute Gasteiger partial charge is 0.287 e. The zero-order valence-electron chi connectivity index (χ0n) is 21.4. The van der Waals surface area contributed by atoms with E-state index in [2.05, 4.69) is 31.4 Å². The number of nitrogens with one attached hydrogen (secondary N) is 2. The Balaban J connectivity index is 1.81. The summed E-state index contributed by atoms with van der Waals surface area (Å²) in [5.74, 6) is -2.44. The molecule has 1 saturated heterocycles. The highest BCUT2D eigenvalue weighted by atomic mass is 16.2. The van der Waals surface area contributed by atoms with Crippen molar-refractivity contribution in [3.8, 4) is 0 Å². The zero-order valence-corrected chi connectivity index (χ0v) is 21.4. The molecule has 3 aliphatic rings. The molecule has 0 aromatic rings. The summed E-state index contributed by atoms with van der Waals surface area (Å²) in [7, 11) is 0. The van der Waals surface area contributed by atoms with Gasteiger partial charge in [-0.1, -0.05) is 48.5 Å². The molecule has 0 bridgehead atoms. The number of piperidine rings is 1. The first-order chi connectivity index (χ1) is 15.7. The number of primary amides is 1. The highest BCUT2D eigenvalue weighted by Crippen LogP contribution is 2.65. The van der Waals surface area contributed by atoms with Crippen LogP contribution in [-0.4, -0.2) is 59.0 Å². The fourth-order valence-corrected chi connectivity index (χ4v) is 5.52. The van der Waals surface area contributed by atoms with Gasteiger partial charge in [0.25, 0.3) is 5.91 Å². The number of nitrogens with two attached hydrogens (primary N) is 1. The molecule has 190 valence electrons. The molecule has 0 radical (unpaired) electrons. The molecular formula is C25H40N4O5. The Labute approximate surface area is 201 Å². The fourth-order valence-electron chi connectivity index (χ4n) is 5.52. The van der Waals surface area contributed by atoms with E-state index >= 15 is 0 Å². The second-order valence-corrected chi connectivity index (χ2v) is 11.8. The van der Waals surface area contributed by atoms with Crippen molar-refractivity contribution in [2.24, 2.45) is 46.7 Å². The fraction of sp³-hybridized carbons (Fsp3) is 0.800. The predicted octanol–water partition coefficient (Wildman–Crippen LogP) is 0.852. The van der Waals surface area contributed by atoms with E-state index in [0.717, 1.165) is 6.42 Å². The number of carbonyl (C=O) groups is 5. The van der Waals surface area contributed by atoms with Crippen molar-refractivity contribution in [2.45, 2.75) is 79.4 Å². The van der Waals surface area contributed by atoms with Crippen LogP contribution in [0.4, 0.5) is 0 Å². The minimum absolute atomic E-state index is 0.0470. The van der Waals surface area contributed by atoms with Crippen LogP contribution in [0.25, 0.3) is 0 Å². The van der Waals surface area contributed by atoms with Crippen LogP contribution in [0.3, 0.4) is 0 Å². The molecule has 0 spiro atoms. The van der Waals surface area contributed by atoms with Crippen molar-refractivity contribution in [1.29, 1.82) is 0 Å². The Kier molecular flexibility index (Phi) is 7.16. The van der Waals surface area contributed by atoms with Gasteiger partial charge in [-0.2, -0.15) is 0 Å². The van der Waals surface area contributed by atoms with Crippen LogP contribution in [-0.2, 0) is 24.0 Å². The molecule has 4 amide bonds. The van der Waals surface area contributed by atoms with Crippen molar-refractivity contribution in [2.75, 3.05) is 6.54 Å². The molecule has 2 saturated carbocycles. The van der Waals surface area contributed by atoms with Gasteiger partial charge in [-0.05, 0) is 47.8 Å². The Morgan fingerprint density at radius 3 is 2.12 bits per heavy atom. The number of hydrogen-bond donors (Lipinski definition) is 3. The minimum Gasteiger partial charge on any atom is -0.363 e. The molecule has 4 unspecified atom stereocenters. The van der Waals surface area contributed by atoms with E-state index in [1.54, 1.807) is 18.7 Å². The normalized spacial score (nSPS) is 30.4. The van der Waals surface area contributed by atoms with Crippen LogP contribution >= 0.6 is 0 Å². The molecule has 9 nitrogen and oxygen atoms in total. The summed E-state index contributed by atoms with van der Waals surface area (Å²) in [6, 6.07) is -2.50. The van der Waals surface area contributed by atoms with Gasteiger partial charge in [0.15, 0.2) is 0 Å². The number of amides is 4. The van der Waals surface area contributed by atoms with Gasteiger partial charge in [-0.15, -0.1) is 0 Å². The third-order valence-electron chi connectivity index (χ3n) is 8.21. The second-order valence-electron chi connectivity index (χ2n) is 11.8. The number of rotatable bonds is 10. The lowest BCUT2D eigenvalue weighted by Crippen LogP contribution is -2.59. The largest absolute Gasteiger partial charge is 0.363 e. The van der Waals surface area contributed by atoms with Gasteiger partial charge in [0.2, 0.25) is 23.5 Å². The lowest BCUT2D eigenvalue weighted by molar-refractivity contribution is -0.145. The Hall–Kier alpha value is -2.45. The summed E-state index contributed by atoms with van der Waals surface area (Å²) in [5.41, 5.74) is 5.14. The van der Waals surface area contributed by atoms with Gasteiger partial charge in [-0.25, -0.2) is 0 Å². The van der Waals surface area contributed by atoms with Crippen LogP contribution < -0.4 is 16.4 Å². The first kappa shape index (κ1) is 26.2. The number of hydrogen-bond acceptors (Lipinski definition) is 5. The van der Waals surface area contributed by atoms with Crippen molar-refractivity contribution >= 4 is 29.4 Å². The summed E-state index contributed by atoms with van der Waals surface area (Å²) in [6.07, 6.45) is 1.31. The SMILES string of the molecule is CC(C)C(=O)N[C@H](C(=O)N1CC2C(C1C(=O)NC(C[C@H]1C[C@@H]1C)C(=O)C(N)=O)C2(C)C)C(C)C. The van der Waals surface area contributed by atoms with Crippen molar-refractivity contribution in [3.05, 3.63) is 0 Å². The maximum Gasteiger partial charge on any atom is 0.287 e. The molecule has 3 fully saturated rings. The Bertz CT molecular complexity index is 883. The van der Waals surface area contributed by atoms with Crippen LogP contribution in [0.15, 0.2) is 0 Å². The lowest BCUT2D eigenvalue weighted by atomic mass is 9.96. The van der Waals surface area contributed by atoms with E-state index in [-0.39, 0.29) is 46.8 Å². The van der Waals surface area contributed by atoms with Gasteiger partial charge < -0.3 is 21.3 Å². The second kappa shape index (κ2) is 9.30. The van der Waals surface area contributed by atoms with Crippen molar-refractivity contribution in [3.63, 3.8) is 0 Å². The first-order valence-corrected chi connectivity index (χ1v) is 12.4. The van der Waals surface area contributed by atoms with E-state index < -0.39 is 35.7 Å². The topological polar surface area (TPSA) is 139 Å². The number of fused-ring (bicyclic) bond motifs is 1. The quantitative estimate of drug-likeness (QED) is 0.401. The first-order valence-electron chi connectivity index (χ1n) is 12.4. The third kappa shape index (κ3) is 4.98. The molecule has 2 aliphatic carbocycles. The number of Topliss-reactive ketones (excluding diaryl/α,β-unsaturated/α-hetero) is 1. The lowest BCUT2D eigenvalue weighted by Gasteiger charge is -2.35. The molecule has 0 aromatic carbocycles. The number of ketones is 1. The van der Waals surface area contributed by atoms with Crippen LogP contribution in [0.5, 0.6) is 0 Å². The molecule has 0 aromatic heterocycles. The summed E-state index contributed by atoms with van der Waals surface area (Å²) >= 11 is 0. The molecular weight excluding hydrogens is 436 g/mol. The monoisotopic (exact) mass is 476 g/mol. The average Bonchev–Trinajstić information content (AvgIpc) is 3.47. The van der Waals surface area contributed by atoms with Crippen molar-refractivity contribution < 1.29 is 24.0 Å². The number of carbonyl (C=O) groups excluding carboxylic acids is 5. The highest BCUT2D eigenvalue weighted by molar-refractivity contribution is 6.37. The van der Waals surface area contributed by atoms with E-state index in [9.17, 15) is 24.0 Å². The molecule has 4 N–H and O–H groups in total. The van der Waals surface area contributed by atoms with Crippen LogP contribution in [0, 0.1) is 40.9 Å². The van der Waals surface area contributed by atoms with Gasteiger partial charge in [0.1, 0.15) is 12.1 Å². The maximum absolute atomic E-state index is 13.6. The van der Waals surface area contributed by atoms with Crippen LogP contribution in [0.2, 0.25) is 0 Å². The highest BCUT2D eigenvalue weighted by Gasteiger charge is 2.69. The average molecular weight is 477 g/mol. The summed E-state index contributed by atoms with van der Waals surface area (Å²) in [6.45, 7) is 13.9. The zero-order chi connectivity index (χ0) is 25.7. The van der Waals surface area contributed by atoms with E-state index in [1.165, 1.54) is 0 Å². The van der Waals surface area contributed by atoms with E-state index in [0.29, 0.717) is 18.9 Å². The summed E-state index contributed by atoms with van der Waals surface area (Å²) in [4.78, 5) is 65.1. The standard InChI is InChI=1S/C25H40N4O5/c1-11(2)18(28-22(32)12(3)4)24(34)29-10-15-17(25(15,6)7)19(29)23(33)27-16(20(30)21(26)31)9-14-8-13(14)5/h11-19H,8-10H2,1-7H3,(H2,26,31)(H,27,33)(H,28,32)/t13-,14+,15?,16?,17?,18-,19?/m0/s1. The molecule has 9 heteroatoms. The molecule has 34 heavy (non-hydrogen) atoms. The maximum atomic E-state index is 13.6. The van der Waals surface area contributed by atoms with Crippen molar-refractivity contribution in [1.82, 2.24) is 15.5 Å².